The predicted molar refractivity (Wildman–Crippen MR) is 111 cm³/mol. The second kappa shape index (κ2) is 10.5. The Labute approximate surface area is 163 Å². The molecule has 1 aliphatic rings. The van der Waals surface area contributed by atoms with Gasteiger partial charge in [-0.1, -0.05) is 18.2 Å². The molecule has 27 heavy (non-hydrogen) atoms. The summed E-state index contributed by atoms with van der Waals surface area (Å²) in [7, 11) is -2.96. The van der Waals surface area contributed by atoms with Crippen molar-refractivity contribution in [2.45, 2.75) is 64.6 Å². The van der Waals surface area contributed by atoms with Gasteiger partial charge in [0, 0.05) is 24.4 Å². The van der Waals surface area contributed by atoms with E-state index < -0.39 is 9.84 Å². The van der Waals surface area contributed by atoms with E-state index in [1.54, 1.807) is 0 Å². The van der Waals surface area contributed by atoms with Gasteiger partial charge in [-0.05, 0) is 52.0 Å². The van der Waals surface area contributed by atoms with E-state index in [9.17, 15) is 8.42 Å². The summed E-state index contributed by atoms with van der Waals surface area (Å²) in [6.07, 6.45) is 6.86. The molecule has 0 bridgehead atoms. The smallest absolute Gasteiger partial charge is 0.191 e. The van der Waals surface area contributed by atoms with Crippen LogP contribution in [0.3, 0.4) is 0 Å². The summed E-state index contributed by atoms with van der Waals surface area (Å²) < 4.78 is 28.9. The molecule has 1 unspecified atom stereocenters. The lowest BCUT2D eigenvalue weighted by molar-refractivity contribution is 0.208. The van der Waals surface area contributed by atoms with Gasteiger partial charge in [-0.25, -0.2) is 13.4 Å². The highest BCUT2D eigenvalue weighted by atomic mass is 32.2. The first kappa shape index (κ1) is 21.5. The molecule has 1 fully saturated rings. The Hall–Kier alpha value is -1.76. The average molecular weight is 396 g/mol. The number of nitrogens with one attached hydrogen (secondary N) is 2. The summed E-state index contributed by atoms with van der Waals surface area (Å²) in [5.41, 5.74) is 1.06. The second-order valence-corrected chi connectivity index (χ2v) is 9.55. The maximum atomic E-state index is 11.3. The molecule has 2 rings (SSSR count). The van der Waals surface area contributed by atoms with E-state index in [0.29, 0.717) is 25.0 Å². The molecule has 6 nitrogen and oxygen atoms in total. The molecule has 0 saturated heterocycles. The van der Waals surface area contributed by atoms with Gasteiger partial charge in [0.25, 0.3) is 0 Å². The zero-order valence-electron chi connectivity index (χ0n) is 16.7. The number of aliphatic imine (C=N–C) groups is 1. The Bertz CT molecular complexity index is 713. The van der Waals surface area contributed by atoms with Gasteiger partial charge in [-0.2, -0.15) is 0 Å². The highest BCUT2D eigenvalue weighted by Gasteiger charge is 2.17. The van der Waals surface area contributed by atoms with Crippen LogP contribution >= 0.6 is 0 Å². The Balaban J connectivity index is 1.99. The van der Waals surface area contributed by atoms with E-state index >= 15 is 0 Å². The zero-order chi connectivity index (χ0) is 19.7. The Kier molecular flexibility index (Phi) is 8.41. The molecule has 0 spiro atoms. The maximum Gasteiger partial charge on any atom is 0.191 e. The molecule has 152 valence electrons. The molecular formula is C20H33N3O3S. The minimum Gasteiger partial charge on any atom is -0.490 e. The first-order valence-electron chi connectivity index (χ1n) is 9.84. The molecule has 1 saturated carbocycles. The van der Waals surface area contributed by atoms with Gasteiger partial charge in [0.05, 0.1) is 18.4 Å². The van der Waals surface area contributed by atoms with Gasteiger partial charge >= 0.3 is 0 Å². The summed E-state index contributed by atoms with van der Waals surface area (Å²) in [4.78, 5) is 4.67. The number of nitrogens with zero attached hydrogens (tertiary/aromatic N) is 1. The number of hydrogen-bond acceptors (Lipinski definition) is 4. The SMILES string of the molecule is CCNC(=NCc1ccccc1OC1CCCC1)NC(C)CCS(C)(=O)=O. The molecule has 7 heteroatoms. The van der Waals surface area contributed by atoms with Crippen LogP contribution in [-0.4, -0.2) is 45.1 Å². The average Bonchev–Trinajstić information content (AvgIpc) is 3.12. The van der Waals surface area contributed by atoms with Crippen molar-refractivity contribution in [2.24, 2.45) is 4.99 Å². The summed E-state index contributed by atoms with van der Waals surface area (Å²) in [6.45, 7) is 5.23. The lowest BCUT2D eigenvalue weighted by Crippen LogP contribution is -2.42. The molecule has 1 aromatic rings. The van der Waals surface area contributed by atoms with Gasteiger partial charge in [0.2, 0.25) is 0 Å². The van der Waals surface area contributed by atoms with Crippen molar-refractivity contribution in [3.05, 3.63) is 29.8 Å². The fourth-order valence-corrected chi connectivity index (χ4v) is 3.90. The molecule has 2 N–H and O–H groups in total. The maximum absolute atomic E-state index is 11.3. The fraction of sp³-hybridized carbons (Fsp3) is 0.650. The normalized spacial score (nSPS) is 16.9. The molecule has 1 atom stereocenters. The van der Waals surface area contributed by atoms with Crippen molar-refractivity contribution in [2.75, 3.05) is 18.6 Å². The molecule has 1 aliphatic carbocycles. The second-order valence-electron chi connectivity index (χ2n) is 7.29. The molecular weight excluding hydrogens is 362 g/mol. The van der Waals surface area contributed by atoms with Gasteiger partial charge in [0.15, 0.2) is 5.96 Å². The standard InChI is InChI=1S/C20H33N3O3S/c1-4-21-20(23-16(2)13-14-27(3,24)25)22-15-17-9-5-8-12-19(17)26-18-10-6-7-11-18/h5,8-9,12,16,18H,4,6-7,10-11,13-15H2,1-3H3,(H2,21,22,23). The first-order valence-corrected chi connectivity index (χ1v) is 11.9. The van der Waals surface area contributed by atoms with Crippen LogP contribution in [0.1, 0.15) is 51.5 Å². The third kappa shape index (κ3) is 8.20. The molecule has 0 amide bonds. The topological polar surface area (TPSA) is 79.8 Å². The van der Waals surface area contributed by atoms with Gasteiger partial charge in [-0.3, -0.25) is 0 Å². The summed E-state index contributed by atoms with van der Waals surface area (Å²) >= 11 is 0. The van der Waals surface area contributed by atoms with Crippen molar-refractivity contribution in [1.82, 2.24) is 10.6 Å². The van der Waals surface area contributed by atoms with Crippen molar-refractivity contribution >= 4 is 15.8 Å². The number of rotatable bonds is 9. The molecule has 0 heterocycles. The lowest BCUT2D eigenvalue weighted by Gasteiger charge is -2.18. The Morgan fingerprint density at radius 1 is 1.30 bits per heavy atom. The van der Waals surface area contributed by atoms with Crippen molar-refractivity contribution < 1.29 is 13.2 Å². The van der Waals surface area contributed by atoms with E-state index in [0.717, 1.165) is 30.7 Å². The van der Waals surface area contributed by atoms with Crippen molar-refractivity contribution in [3.8, 4) is 5.75 Å². The van der Waals surface area contributed by atoms with Crippen LogP contribution in [0, 0.1) is 0 Å². The van der Waals surface area contributed by atoms with Gasteiger partial charge < -0.3 is 15.4 Å². The molecule has 0 aromatic heterocycles. The minimum absolute atomic E-state index is 0.0162. The van der Waals surface area contributed by atoms with Crippen LogP contribution in [0.25, 0.3) is 0 Å². The quantitative estimate of drug-likeness (QED) is 0.496. The monoisotopic (exact) mass is 395 g/mol. The lowest BCUT2D eigenvalue weighted by atomic mass is 10.2. The number of ether oxygens (including phenoxy) is 1. The molecule has 0 radical (unpaired) electrons. The summed E-state index contributed by atoms with van der Waals surface area (Å²) in [5, 5.41) is 6.51. The summed E-state index contributed by atoms with van der Waals surface area (Å²) in [5.74, 6) is 1.77. The van der Waals surface area contributed by atoms with Gasteiger partial charge in [-0.15, -0.1) is 0 Å². The van der Waals surface area contributed by atoms with Crippen LogP contribution in [0.4, 0.5) is 0 Å². The third-order valence-electron chi connectivity index (χ3n) is 4.62. The number of guanidine groups is 1. The van der Waals surface area contributed by atoms with E-state index in [1.807, 2.05) is 38.1 Å². The number of para-hydroxylation sites is 1. The highest BCUT2D eigenvalue weighted by Crippen LogP contribution is 2.27. The third-order valence-corrected chi connectivity index (χ3v) is 5.60. The van der Waals surface area contributed by atoms with Crippen LogP contribution in [0.15, 0.2) is 29.3 Å². The Morgan fingerprint density at radius 3 is 2.67 bits per heavy atom. The summed E-state index contributed by atoms with van der Waals surface area (Å²) in [6, 6.07) is 8.07. The molecule has 1 aromatic carbocycles. The number of sulfone groups is 1. The largest absolute Gasteiger partial charge is 0.490 e. The van der Waals surface area contributed by atoms with Crippen LogP contribution in [0.5, 0.6) is 5.75 Å². The molecule has 0 aliphatic heterocycles. The first-order chi connectivity index (χ1) is 12.9. The van der Waals surface area contributed by atoms with E-state index in [2.05, 4.69) is 15.6 Å². The van der Waals surface area contributed by atoms with E-state index in [1.165, 1.54) is 19.1 Å². The van der Waals surface area contributed by atoms with Crippen molar-refractivity contribution in [3.63, 3.8) is 0 Å². The van der Waals surface area contributed by atoms with Gasteiger partial charge in [0.1, 0.15) is 15.6 Å². The fourth-order valence-electron chi connectivity index (χ4n) is 3.12. The van der Waals surface area contributed by atoms with Crippen LogP contribution in [0.2, 0.25) is 0 Å². The van der Waals surface area contributed by atoms with Crippen LogP contribution in [-0.2, 0) is 16.4 Å². The van der Waals surface area contributed by atoms with Crippen molar-refractivity contribution in [1.29, 1.82) is 0 Å². The number of benzene rings is 1. The Morgan fingerprint density at radius 2 is 2.00 bits per heavy atom. The predicted octanol–water partition coefficient (Wildman–Crippen LogP) is 2.89. The van der Waals surface area contributed by atoms with E-state index in [-0.39, 0.29) is 11.8 Å². The number of hydrogen-bond donors (Lipinski definition) is 2. The highest BCUT2D eigenvalue weighted by molar-refractivity contribution is 7.90. The van der Waals surface area contributed by atoms with E-state index in [4.69, 9.17) is 4.74 Å². The van der Waals surface area contributed by atoms with Crippen LogP contribution < -0.4 is 15.4 Å². The minimum atomic E-state index is -2.96. The zero-order valence-corrected chi connectivity index (χ0v) is 17.5.